The third kappa shape index (κ3) is 2.54. The molecule has 1 aromatic carbocycles. The Labute approximate surface area is 150 Å². The normalized spacial score (nSPS) is 26.3. The number of carbonyl (C=O) groups excluding carboxylic acids is 1. The third-order valence-corrected chi connectivity index (χ3v) is 6.09. The molecule has 3 heterocycles. The van der Waals surface area contributed by atoms with E-state index in [0.717, 1.165) is 50.5 Å². The lowest BCUT2D eigenvalue weighted by Crippen LogP contribution is -2.56. The van der Waals surface area contributed by atoms with Crippen LogP contribution in [0.1, 0.15) is 32.1 Å². The molecule has 26 heavy (non-hydrogen) atoms. The summed E-state index contributed by atoms with van der Waals surface area (Å²) >= 11 is 0. The van der Waals surface area contributed by atoms with Gasteiger partial charge in [0.1, 0.15) is 11.3 Å². The second kappa shape index (κ2) is 5.89. The Kier molecular flexibility index (Phi) is 3.62. The van der Waals surface area contributed by atoms with Gasteiger partial charge in [-0.3, -0.25) is 9.78 Å². The summed E-state index contributed by atoms with van der Waals surface area (Å²) in [5, 5.41) is 0.523. The fourth-order valence-corrected chi connectivity index (χ4v) is 4.78. The molecule has 2 aliphatic heterocycles. The van der Waals surface area contributed by atoms with Crippen LogP contribution in [0.25, 0.3) is 10.9 Å². The highest BCUT2D eigenvalue weighted by molar-refractivity contribution is 5.92. The Balaban J connectivity index is 1.46. The van der Waals surface area contributed by atoms with E-state index in [-0.39, 0.29) is 5.52 Å². The number of pyridine rings is 1. The van der Waals surface area contributed by atoms with Crippen LogP contribution >= 0.6 is 0 Å². The quantitative estimate of drug-likeness (QED) is 0.826. The van der Waals surface area contributed by atoms with Crippen molar-refractivity contribution in [2.24, 2.45) is 5.92 Å². The van der Waals surface area contributed by atoms with Crippen molar-refractivity contribution in [3.8, 4) is 0 Å². The average molecular weight is 357 g/mol. The number of halogens is 2. The molecule has 6 heteroatoms. The number of fused-ring (bicyclic) bond motifs is 2. The van der Waals surface area contributed by atoms with E-state index in [4.69, 9.17) is 0 Å². The van der Waals surface area contributed by atoms with Crippen LogP contribution in [0.3, 0.4) is 0 Å². The summed E-state index contributed by atoms with van der Waals surface area (Å²) in [5.41, 5.74) is 1.05. The van der Waals surface area contributed by atoms with Crippen LogP contribution in [-0.4, -0.2) is 41.0 Å². The standard InChI is InChI=1S/C20H21F2N3O/c21-13-9-15-18(5-7-23-20(15)16(22)10-13)24-8-6-17-12(11-24)1-4-19(26)25(17)14-2-3-14/h5,7,9-10,12,14,17H,1-4,6,8,11H2. The summed E-state index contributed by atoms with van der Waals surface area (Å²) in [5.74, 6) is -0.480. The van der Waals surface area contributed by atoms with Crippen LogP contribution in [0.4, 0.5) is 14.5 Å². The number of carbonyl (C=O) groups is 1. The third-order valence-electron chi connectivity index (χ3n) is 6.09. The number of anilines is 1. The summed E-state index contributed by atoms with van der Waals surface area (Å²) in [6, 6.07) is 4.86. The molecule has 2 saturated heterocycles. The Hall–Kier alpha value is -2.24. The smallest absolute Gasteiger partial charge is 0.223 e. The lowest BCUT2D eigenvalue weighted by molar-refractivity contribution is -0.140. The van der Waals surface area contributed by atoms with Gasteiger partial charge in [-0.1, -0.05) is 0 Å². The lowest BCUT2D eigenvalue weighted by Gasteiger charge is -2.48. The Morgan fingerprint density at radius 2 is 1.96 bits per heavy atom. The molecule has 2 atom stereocenters. The molecule has 5 rings (SSSR count). The van der Waals surface area contributed by atoms with E-state index in [1.807, 2.05) is 6.07 Å². The van der Waals surface area contributed by atoms with Gasteiger partial charge in [0.05, 0.1) is 0 Å². The molecule has 1 saturated carbocycles. The van der Waals surface area contributed by atoms with Crippen molar-refractivity contribution >= 4 is 22.5 Å². The fourth-order valence-electron chi connectivity index (χ4n) is 4.78. The molecule has 3 fully saturated rings. The number of hydrogen-bond acceptors (Lipinski definition) is 3. The molecule has 0 radical (unpaired) electrons. The lowest BCUT2D eigenvalue weighted by atomic mass is 9.83. The van der Waals surface area contributed by atoms with Gasteiger partial charge in [-0.15, -0.1) is 0 Å². The zero-order valence-electron chi connectivity index (χ0n) is 14.5. The molecule has 4 nitrogen and oxygen atoms in total. The van der Waals surface area contributed by atoms with Crippen LogP contribution in [0.15, 0.2) is 24.4 Å². The topological polar surface area (TPSA) is 36.4 Å². The van der Waals surface area contributed by atoms with E-state index < -0.39 is 11.6 Å². The summed E-state index contributed by atoms with van der Waals surface area (Å²) in [4.78, 5) is 20.8. The minimum Gasteiger partial charge on any atom is -0.371 e. The molecule has 1 aromatic heterocycles. The molecule has 2 unspecified atom stereocenters. The van der Waals surface area contributed by atoms with Crippen molar-refractivity contribution in [1.82, 2.24) is 9.88 Å². The van der Waals surface area contributed by atoms with Crippen molar-refractivity contribution in [3.63, 3.8) is 0 Å². The van der Waals surface area contributed by atoms with Crippen molar-refractivity contribution in [2.45, 2.75) is 44.2 Å². The largest absolute Gasteiger partial charge is 0.371 e. The van der Waals surface area contributed by atoms with E-state index in [2.05, 4.69) is 14.8 Å². The number of benzene rings is 1. The maximum Gasteiger partial charge on any atom is 0.223 e. The minimum atomic E-state index is -0.625. The first kappa shape index (κ1) is 16.0. The number of hydrogen-bond donors (Lipinski definition) is 0. The SMILES string of the molecule is O=C1CCC2CN(c3ccnc4c(F)cc(F)cc34)CCC2N1C1CC1. The Bertz CT molecular complexity index is 883. The predicted octanol–water partition coefficient (Wildman–Crippen LogP) is 3.49. The van der Waals surface area contributed by atoms with Crippen molar-refractivity contribution in [1.29, 1.82) is 0 Å². The van der Waals surface area contributed by atoms with Crippen LogP contribution in [-0.2, 0) is 4.79 Å². The van der Waals surface area contributed by atoms with Gasteiger partial charge in [0, 0.05) is 54.9 Å². The molecular weight excluding hydrogens is 336 g/mol. The monoisotopic (exact) mass is 357 g/mol. The second-order valence-corrected chi connectivity index (χ2v) is 7.75. The van der Waals surface area contributed by atoms with Crippen LogP contribution in [0, 0.1) is 17.6 Å². The summed E-state index contributed by atoms with van der Waals surface area (Å²) in [6.45, 7) is 1.60. The molecule has 136 valence electrons. The van der Waals surface area contributed by atoms with E-state index in [1.54, 1.807) is 6.20 Å². The van der Waals surface area contributed by atoms with Gasteiger partial charge in [0.25, 0.3) is 0 Å². The van der Waals surface area contributed by atoms with Gasteiger partial charge >= 0.3 is 0 Å². The number of rotatable bonds is 2. The first-order valence-corrected chi connectivity index (χ1v) is 9.41. The number of amides is 1. The van der Waals surface area contributed by atoms with Crippen LogP contribution in [0.2, 0.25) is 0 Å². The first-order chi connectivity index (χ1) is 12.6. The number of aromatic nitrogens is 1. The summed E-state index contributed by atoms with van der Waals surface area (Å²) in [6.07, 6.45) is 6.28. The first-order valence-electron chi connectivity index (χ1n) is 9.41. The van der Waals surface area contributed by atoms with E-state index in [9.17, 15) is 13.6 Å². The highest BCUT2D eigenvalue weighted by Gasteiger charge is 2.45. The van der Waals surface area contributed by atoms with Crippen molar-refractivity contribution in [3.05, 3.63) is 36.0 Å². The fraction of sp³-hybridized carbons (Fsp3) is 0.500. The number of nitrogens with zero attached hydrogens (tertiary/aromatic N) is 3. The van der Waals surface area contributed by atoms with Crippen LogP contribution in [0.5, 0.6) is 0 Å². The predicted molar refractivity (Wildman–Crippen MR) is 94.9 cm³/mol. The Morgan fingerprint density at radius 3 is 2.77 bits per heavy atom. The zero-order valence-corrected chi connectivity index (χ0v) is 14.5. The molecule has 0 N–H and O–H groups in total. The zero-order chi connectivity index (χ0) is 17.8. The van der Waals surface area contributed by atoms with Gasteiger partial charge in [0.15, 0.2) is 5.82 Å². The molecule has 1 amide bonds. The molecule has 3 aliphatic rings. The highest BCUT2D eigenvalue weighted by Crippen LogP contribution is 2.40. The van der Waals surface area contributed by atoms with Crippen LogP contribution < -0.4 is 4.90 Å². The molecule has 1 aliphatic carbocycles. The summed E-state index contributed by atoms with van der Waals surface area (Å²) in [7, 11) is 0. The number of piperidine rings is 2. The van der Waals surface area contributed by atoms with Gasteiger partial charge < -0.3 is 9.80 Å². The second-order valence-electron chi connectivity index (χ2n) is 7.75. The maximum atomic E-state index is 14.1. The van der Waals surface area contributed by atoms with Gasteiger partial charge in [0.2, 0.25) is 5.91 Å². The van der Waals surface area contributed by atoms with Gasteiger partial charge in [-0.25, -0.2) is 8.78 Å². The Morgan fingerprint density at radius 1 is 1.12 bits per heavy atom. The number of likely N-dealkylation sites (tertiary alicyclic amines) is 1. The van der Waals surface area contributed by atoms with E-state index in [1.165, 1.54) is 6.07 Å². The van der Waals surface area contributed by atoms with Crippen molar-refractivity contribution in [2.75, 3.05) is 18.0 Å². The molecule has 0 spiro atoms. The van der Waals surface area contributed by atoms with E-state index in [0.29, 0.717) is 35.7 Å². The van der Waals surface area contributed by atoms with Gasteiger partial charge in [-0.2, -0.15) is 0 Å². The average Bonchev–Trinajstić information content (AvgIpc) is 3.45. The minimum absolute atomic E-state index is 0.212. The highest BCUT2D eigenvalue weighted by atomic mass is 19.1. The van der Waals surface area contributed by atoms with E-state index >= 15 is 0 Å². The molecular formula is C20H21F2N3O. The maximum absolute atomic E-state index is 14.1. The van der Waals surface area contributed by atoms with Gasteiger partial charge in [-0.05, 0) is 43.7 Å². The molecule has 0 bridgehead atoms. The van der Waals surface area contributed by atoms with Crippen molar-refractivity contribution < 1.29 is 13.6 Å². The molecule has 2 aromatic rings. The summed E-state index contributed by atoms with van der Waals surface area (Å²) < 4.78 is 27.9.